The van der Waals surface area contributed by atoms with Gasteiger partial charge in [0.25, 0.3) is 0 Å². The lowest BCUT2D eigenvalue weighted by molar-refractivity contribution is 0.525. The van der Waals surface area contributed by atoms with Gasteiger partial charge in [0.05, 0.1) is 6.54 Å². The number of H-pyrrole nitrogens is 1. The van der Waals surface area contributed by atoms with Crippen LogP contribution in [0.15, 0.2) is 38.6 Å². The van der Waals surface area contributed by atoms with Crippen LogP contribution in [-0.2, 0) is 13.1 Å². The van der Waals surface area contributed by atoms with Crippen molar-refractivity contribution < 1.29 is 0 Å². The molecule has 0 aliphatic carbocycles. The van der Waals surface area contributed by atoms with Gasteiger partial charge in [-0.15, -0.1) is 0 Å². The van der Waals surface area contributed by atoms with Gasteiger partial charge < -0.3 is 5.73 Å². The van der Waals surface area contributed by atoms with Crippen molar-refractivity contribution in [3.8, 4) is 0 Å². The molecule has 2 rings (SSSR count). The molecule has 0 fully saturated rings. The molecular weight excluding hydrogens is 260 g/mol. The van der Waals surface area contributed by atoms with Crippen molar-refractivity contribution in [1.82, 2.24) is 14.1 Å². The summed E-state index contributed by atoms with van der Waals surface area (Å²) in [6, 6.07) is 6.85. The minimum absolute atomic E-state index is 0.0957. The van der Waals surface area contributed by atoms with Crippen LogP contribution >= 0.6 is 0 Å². The lowest BCUT2D eigenvalue weighted by Gasteiger charge is -2.08. The molecule has 106 valence electrons. The number of nitrogen functional groups attached to an aromatic ring is 1. The van der Waals surface area contributed by atoms with Crippen molar-refractivity contribution >= 4 is 5.69 Å². The van der Waals surface area contributed by atoms with E-state index in [1.54, 1.807) is 24.3 Å². The van der Waals surface area contributed by atoms with Gasteiger partial charge >= 0.3 is 17.1 Å². The molecule has 0 saturated carbocycles. The van der Waals surface area contributed by atoms with Gasteiger partial charge in [0.1, 0.15) is 0 Å². The molecule has 2 aromatic rings. The zero-order chi connectivity index (χ0) is 14.7. The number of nitrogens with one attached hydrogen (secondary N) is 1. The van der Waals surface area contributed by atoms with E-state index in [0.717, 1.165) is 14.7 Å². The maximum atomic E-state index is 12.2. The molecule has 0 aliphatic rings. The van der Waals surface area contributed by atoms with E-state index in [-0.39, 0.29) is 13.1 Å². The Balaban J connectivity index is 2.49. The average molecular weight is 276 g/mol. The van der Waals surface area contributed by atoms with Crippen LogP contribution in [0.2, 0.25) is 0 Å². The minimum atomic E-state index is -0.704. The molecule has 1 aromatic carbocycles. The zero-order valence-corrected chi connectivity index (χ0v) is 11.1. The van der Waals surface area contributed by atoms with Crippen LogP contribution < -0.4 is 22.8 Å². The van der Waals surface area contributed by atoms with Gasteiger partial charge in [-0.1, -0.05) is 19.1 Å². The van der Waals surface area contributed by atoms with Crippen LogP contribution in [0.5, 0.6) is 0 Å². The molecule has 0 radical (unpaired) electrons. The number of nitrogens with zero attached hydrogens (tertiary/aromatic N) is 2. The van der Waals surface area contributed by atoms with Crippen LogP contribution in [-0.4, -0.2) is 14.1 Å². The third kappa shape index (κ3) is 2.71. The Bertz CT molecular complexity index is 768. The monoisotopic (exact) mass is 276 g/mol. The summed E-state index contributed by atoms with van der Waals surface area (Å²) in [6.45, 7) is 2.22. The molecule has 0 amide bonds. The standard InChI is InChI=1S/C13H16N4O3/c1-2-7-16-11(18)15-12(19)17(13(16)20)8-9-3-5-10(14)6-4-9/h3-6H,2,7-8,14H2,1H3,(H,15,18,19). The molecule has 7 nitrogen and oxygen atoms in total. The maximum Gasteiger partial charge on any atom is 0.336 e. The molecule has 0 unspecified atom stereocenters. The largest absolute Gasteiger partial charge is 0.399 e. The van der Waals surface area contributed by atoms with E-state index >= 15 is 0 Å². The van der Waals surface area contributed by atoms with E-state index < -0.39 is 17.1 Å². The first-order chi connectivity index (χ1) is 9.52. The van der Waals surface area contributed by atoms with Crippen molar-refractivity contribution in [1.29, 1.82) is 0 Å². The first kappa shape index (κ1) is 13.9. The molecule has 0 spiro atoms. The normalized spacial score (nSPS) is 10.7. The van der Waals surface area contributed by atoms with Crippen molar-refractivity contribution in [2.45, 2.75) is 26.4 Å². The fourth-order valence-corrected chi connectivity index (χ4v) is 1.91. The van der Waals surface area contributed by atoms with Crippen LogP contribution in [0.4, 0.5) is 5.69 Å². The zero-order valence-electron chi connectivity index (χ0n) is 11.1. The SMILES string of the molecule is CCCn1c(=O)[nH]c(=O)n(Cc2ccc(N)cc2)c1=O. The number of aromatic amines is 1. The smallest absolute Gasteiger partial charge is 0.336 e. The van der Waals surface area contributed by atoms with Gasteiger partial charge in [0, 0.05) is 12.2 Å². The lowest BCUT2D eigenvalue weighted by atomic mass is 10.2. The molecule has 0 aliphatic heterocycles. The summed E-state index contributed by atoms with van der Waals surface area (Å²) < 4.78 is 2.03. The molecule has 0 saturated heterocycles. The van der Waals surface area contributed by atoms with Gasteiger partial charge in [0.2, 0.25) is 0 Å². The number of hydrogen-bond acceptors (Lipinski definition) is 4. The maximum absolute atomic E-state index is 12.2. The summed E-state index contributed by atoms with van der Waals surface area (Å²) >= 11 is 0. The second kappa shape index (κ2) is 5.60. The Morgan fingerprint density at radius 2 is 1.65 bits per heavy atom. The van der Waals surface area contributed by atoms with E-state index in [9.17, 15) is 14.4 Å². The third-order valence-electron chi connectivity index (χ3n) is 2.93. The Hall–Kier alpha value is -2.57. The summed E-state index contributed by atoms with van der Waals surface area (Å²) in [6.07, 6.45) is 0.628. The van der Waals surface area contributed by atoms with E-state index in [2.05, 4.69) is 4.98 Å². The predicted molar refractivity (Wildman–Crippen MR) is 75.8 cm³/mol. The molecule has 0 bridgehead atoms. The summed E-state index contributed by atoms with van der Waals surface area (Å²) in [5.41, 5.74) is 4.97. The van der Waals surface area contributed by atoms with Crippen LogP contribution in [0.3, 0.4) is 0 Å². The number of nitrogens with two attached hydrogens (primary N) is 1. The van der Waals surface area contributed by atoms with E-state index in [0.29, 0.717) is 12.1 Å². The Kier molecular flexibility index (Phi) is 3.88. The molecule has 3 N–H and O–H groups in total. The number of anilines is 1. The van der Waals surface area contributed by atoms with Crippen molar-refractivity contribution in [2.24, 2.45) is 0 Å². The first-order valence-electron chi connectivity index (χ1n) is 6.31. The Labute approximate surface area is 114 Å². The molecule has 7 heteroatoms. The average Bonchev–Trinajstić information content (AvgIpc) is 2.41. The van der Waals surface area contributed by atoms with E-state index in [1.807, 2.05) is 6.92 Å². The molecule has 1 heterocycles. The van der Waals surface area contributed by atoms with Crippen LogP contribution in [0, 0.1) is 0 Å². The van der Waals surface area contributed by atoms with Crippen LogP contribution in [0.25, 0.3) is 0 Å². The second-order valence-corrected chi connectivity index (χ2v) is 4.50. The van der Waals surface area contributed by atoms with Gasteiger partial charge in [-0.2, -0.15) is 0 Å². The predicted octanol–water partition coefficient (Wildman–Crippen LogP) is -0.261. The van der Waals surface area contributed by atoms with Crippen LogP contribution in [0.1, 0.15) is 18.9 Å². The van der Waals surface area contributed by atoms with Crippen molar-refractivity contribution in [3.63, 3.8) is 0 Å². The van der Waals surface area contributed by atoms with Gasteiger partial charge in [-0.3, -0.25) is 4.98 Å². The summed E-state index contributed by atoms with van der Waals surface area (Å²) in [4.78, 5) is 37.6. The second-order valence-electron chi connectivity index (χ2n) is 4.50. The first-order valence-corrected chi connectivity index (χ1v) is 6.31. The quantitative estimate of drug-likeness (QED) is 0.751. The highest BCUT2D eigenvalue weighted by atomic mass is 16.2. The molecule has 20 heavy (non-hydrogen) atoms. The minimum Gasteiger partial charge on any atom is -0.399 e. The van der Waals surface area contributed by atoms with E-state index in [4.69, 9.17) is 5.73 Å². The molecule has 1 aromatic heterocycles. The Morgan fingerprint density at radius 1 is 1.05 bits per heavy atom. The van der Waals surface area contributed by atoms with Gasteiger partial charge in [-0.25, -0.2) is 23.5 Å². The highest BCUT2D eigenvalue weighted by Gasteiger charge is 2.09. The Morgan fingerprint density at radius 3 is 2.25 bits per heavy atom. The summed E-state index contributed by atoms with van der Waals surface area (Å²) in [7, 11) is 0. The number of aromatic nitrogens is 3. The van der Waals surface area contributed by atoms with E-state index in [1.165, 1.54) is 0 Å². The number of rotatable bonds is 4. The summed E-state index contributed by atoms with van der Waals surface area (Å²) in [5, 5.41) is 0. The fraction of sp³-hybridized carbons (Fsp3) is 0.308. The van der Waals surface area contributed by atoms with Gasteiger partial charge in [0.15, 0.2) is 0 Å². The number of hydrogen-bond donors (Lipinski definition) is 2. The molecule has 0 atom stereocenters. The highest BCUT2D eigenvalue weighted by molar-refractivity contribution is 5.39. The fourth-order valence-electron chi connectivity index (χ4n) is 1.91. The van der Waals surface area contributed by atoms with Gasteiger partial charge in [-0.05, 0) is 24.1 Å². The number of benzene rings is 1. The highest BCUT2D eigenvalue weighted by Crippen LogP contribution is 2.05. The van der Waals surface area contributed by atoms with Crippen molar-refractivity contribution in [3.05, 3.63) is 61.3 Å². The molecular formula is C13H16N4O3. The topological polar surface area (TPSA) is 103 Å². The lowest BCUT2D eigenvalue weighted by Crippen LogP contribution is -2.49. The van der Waals surface area contributed by atoms with Crippen molar-refractivity contribution in [2.75, 3.05) is 5.73 Å². The third-order valence-corrected chi connectivity index (χ3v) is 2.93. The summed E-state index contributed by atoms with van der Waals surface area (Å²) in [5.74, 6) is 0.